The number of nitrogens with zero attached hydrogens (tertiary/aromatic N) is 5. The van der Waals surface area contributed by atoms with Crippen molar-refractivity contribution in [3.63, 3.8) is 0 Å². The molecule has 0 spiro atoms. The topological polar surface area (TPSA) is 148 Å². The lowest BCUT2D eigenvalue weighted by Crippen LogP contribution is -2.57. The first-order valence-electron chi connectivity index (χ1n) is 19.3. The van der Waals surface area contributed by atoms with Crippen molar-refractivity contribution in [2.45, 2.75) is 100 Å². The number of carbonyl (C=O) groups is 6. The lowest BCUT2D eigenvalue weighted by Gasteiger charge is -2.36. The average molecular weight is 726 g/mol. The van der Waals surface area contributed by atoms with E-state index >= 15 is 0 Å². The van der Waals surface area contributed by atoms with Gasteiger partial charge in [-0.2, -0.15) is 0 Å². The van der Waals surface area contributed by atoms with Gasteiger partial charge in [0.25, 0.3) is 0 Å². The molecule has 1 N–H and O–H groups in total. The number of fused-ring (bicyclic) bond motifs is 3. The molecule has 5 atom stereocenters. The van der Waals surface area contributed by atoms with Crippen molar-refractivity contribution in [2.24, 2.45) is 0 Å². The molecule has 6 aliphatic rings. The fourth-order valence-corrected chi connectivity index (χ4v) is 9.83. The van der Waals surface area contributed by atoms with Crippen molar-refractivity contribution in [1.29, 1.82) is 0 Å². The van der Waals surface area contributed by atoms with Gasteiger partial charge in [-0.25, -0.2) is 9.59 Å². The number of hydrogen-bond acceptors (Lipinski definition) is 7. The summed E-state index contributed by atoms with van der Waals surface area (Å²) < 4.78 is 5.93. The van der Waals surface area contributed by atoms with Crippen molar-refractivity contribution in [1.82, 2.24) is 24.5 Å². The summed E-state index contributed by atoms with van der Waals surface area (Å²) in [6.45, 7) is 2.04. The van der Waals surface area contributed by atoms with Gasteiger partial charge in [-0.05, 0) is 86.5 Å². The number of ether oxygens (including phenoxy) is 1. The van der Waals surface area contributed by atoms with E-state index in [4.69, 9.17) is 4.74 Å². The second kappa shape index (κ2) is 14.5. The van der Waals surface area contributed by atoms with E-state index < -0.39 is 42.3 Å². The van der Waals surface area contributed by atoms with Crippen molar-refractivity contribution < 1.29 is 38.6 Å². The zero-order valence-corrected chi connectivity index (χ0v) is 29.9. The van der Waals surface area contributed by atoms with Gasteiger partial charge in [-0.3, -0.25) is 24.1 Å². The first-order chi connectivity index (χ1) is 25.7. The molecule has 5 saturated heterocycles. The SMILES string of the molecule is O=C(O)[C@@H]1CCCN1C(=O)[C@@H]1CCCN1C(=O)[C@@H]1CCCN1C(=O)[C@@H]1CCCN1C(=O)[C@@H]1CCCN1C(=O)OCC1c2ccccc2-c2ccccc21. The molecular formula is C40H47N5O8. The first kappa shape index (κ1) is 35.1. The maximum Gasteiger partial charge on any atom is 0.410 e. The normalized spacial score (nSPS) is 26.6. The van der Waals surface area contributed by atoms with Crippen molar-refractivity contribution in [3.05, 3.63) is 59.7 Å². The van der Waals surface area contributed by atoms with Gasteiger partial charge in [0.1, 0.15) is 36.8 Å². The first-order valence-corrected chi connectivity index (χ1v) is 19.3. The van der Waals surface area contributed by atoms with E-state index in [9.17, 15) is 33.9 Å². The molecule has 5 amide bonds. The quantitative estimate of drug-likeness (QED) is 0.457. The van der Waals surface area contributed by atoms with Crippen LogP contribution in [0.15, 0.2) is 48.5 Å². The fourth-order valence-electron chi connectivity index (χ4n) is 9.83. The molecule has 5 heterocycles. The van der Waals surface area contributed by atoms with Crippen molar-refractivity contribution >= 4 is 35.7 Å². The number of aliphatic carboxylic acids is 1. The van der Waals surface area contributed by atoms with Gasteiger partial charge < -0.3 is 29.4 Å². The summed E-state index contributed by atoms with van der Waals surface area (Å²) in [7, 11) is 0. The predicted molar refractivity (Wildman–Crippen MR) is 191 cm³/mol. The van der Waals surface area contributed by atoms with Gasteiger partial charge in [-0.15, -0.1) is 0 Å². The summed E-state index contributed by atoms with van der Waals surface area (Å²) >= 11 is 0. The Morgan fingerprint density at radius 2 is 0.849 bits per heavy atom. The number of likely N-dealkylation sites (tertiary alicyclic amines) is 5. The third-order valence-corrected chi connectivity index (χ3v) is 12.4. The van der Waals surface area contributed by atoms with E-state index in [1.165, 1.54) is 9.80 Å². The molecule has 0 unspecified atom stereocenters. The average Bonchev–Trinajstić information content (AvgIpc) is 4.03. The lowest BCUT2D eigenvalue weighted by atomic mass is 9.98. The minimum Gasteiger partial charge on any atom is -0.480 e. The largest absolute Gasteiger partial charge is 0.480 e. The molecule has 8 rings (SSSR count). The van der Waals surface area contributed by atoms with Gasteiger partial charge in [0, 0.05) is 38.6 Å². The van der Waals surface area contributed by atoms with Crippen LogP contribution >= 0.6 is 0 Å². The maximum absolute atomic E-state index is 14.2. The number of carbonyl (C=O) groups excluding carboxylic acids is 5. The molecule has 13 heteroatoms. The summed E-state index contributed by atoms with van der Waals surface area (Å²) in [5, 5.41) is 9.65. The second-order valence-electron chi connectivity index (χ2n) is 15.3. The highest BCUT2D eigenvalue weighted by Crippen LogP contribution is 2.44. The summed E-state index contributed by atoms with van der Waals surface area (Å²) in [5.41, 5.74) is 4.49. The smallest absolute Gasteiger partial charge is 0.410 e. The number of carboxylic acid groups (broad SMARTS) is 1. The highest BCUT2D eigenvalue weighted by atomic mass is 16.6. The van der Waals surface area contributed by atoms with Gasteiger partial charge in [-0.1, -0.05) is 48.5 Å². The Balaban J connectivity index is 0.918. The van der Waals surface area contributed by atoms with Gasteiger partial charge >= 0.3 is 12.1 Å². The molecular weight excluding hydrogens is 678 g/mol. The van der Waals surface area contributed by atoms with Crippen molar-refractivity contribution in [3.8, 4) is 11.1 Å². The van der Waals surface area contributed by atoms with E-state index in [1.807, 2.05) is 24.3 Å². The third-order valence-electron chi connectivity index (χ3n) is 12.4. The van der Waals surface area contributed by atoms with Crippen LogP contribution in [0.1, 0.15) is 81.3 Å². The second-order valence-corrected chi connectivity index (χ2v) is 15.3. The highest BCUT2D eigenvalue weighted by Gasteiger charge is 2.49. The Bertz CT molecular complexity index is 1770. The Morgan fingerprint density at radius 3 is 1.26 bits per heavy atom. The van der Waals surface area contributed by atoms with Crippen molar-refractivity contribution in [2.75, 3.05) is 39.3 Å². The van der Waals surface area contributed by atoms with E-state index in [0.717, 1.165) is 22.3 Å². The van der Waals surface area contributed by atoms with E-state index in [1.54, 1.807) is 14.7 Å². The minimum atomic E-state index is -1.03. The Morgan fingerprint density at radius 1 is 0.509 bits per heavy atom. The van der Waals surface area contributed by atoms with Crippen LogP contribution in [0.3, 0.4) is 0 Å². The number of benzene rings is 2. The van der Waals surface area contributed by atoms with Crippen LogP contribution in [0.25, 0.3) is 11.1 Å². The lowest BCUT2D eigenvalue weighted by molar-refractivity contribution is -0.154. The third kappa shape index (κ3) is 6.21. The molecule has 0 radical (unpaired) electrons. The molecule has 5 fully saturated rings. The van der Waals surface area contributed by atoms with E-state index in [0.29, 0.717) is 96.9 Å². The van der Waals surface area contributed by atoms with Crippen LogP contribution in [-0.2, 0) is 28.7 Å². The number of amides is 5. The Kier molecular flexibility index (Phi) is 9.59. The van der Waals surface area contributed by atoms with Gasteiger partial charge in [0.15, 0.2) is 0 Å². The molecule has 0 bridgehead atoms. The molecule has 2 aromatic rings. The molecule has 0 aromatic heterocycles. The number of hydrogen-bond donors (Lipinski definition) is 1. The van der Waals surface area contributed by atoms with E-state index in [-0.39, 0.29) is 36.2 Å². The molecule has 1 aliphatic carbocycles. The molecule has 5 aliphatic heterocycles. The number of rotatable bonds is 7. The Labute approximate surface area is 308 Å². The molecule has 280 valence electrons. The summed E-state index contributed by atoms with van der Waals surface area (Å²) in [4.78, 5) is 89.0. The van der Waals surface area contributed by atoms with Crippen LogP contribution in [0, 0.1) is 0 Å². The van der Waals surface area contributed by atoms with Crippen LogP contribution in [0.2, 0.25) is 0 Å². The summed E-state index contributed by atoms with van der Waals surface area (Å²) in [6, 6.07) is 12.4. The maximum atomic E-state index is 14.2. The molecule has 2 aromatic carbocycles. The zero-order valence-electron chi connectivity index (χ0n) is 29.9. The van der Waals surface area contributed by atoms with Crippen LogP contribution in [0.5, 0.6) is 0 Å². The van der Waals surface area contributed by atoms with Crippen LogP contribution in [0.4, 0.5) is 4.79 Å². The fraction of sp³-hybridized carbons (Fsp3) is 0.550. The minimum absolute atomic E-state index is 0.101. The van der Waals surface area contributed by atoms with E-state index in [2.05, 4.69) is 24.3 Å². The molecule has 53 heavy (non-hydrogen) atoms. The summed E-state index contributed by atoms with van der Waals surface area (Å²) in [5.74, 6) is -2.29. The van der Waals surface area contributed by atoms with Gasteiger partial charge in [0.05, 0.1) is 0 Å². The zero-order chi connectivity index (χ0) is 36.8. The van der Waals surface area contributed by atoms with Crippen LogP contribution < -0.4 is 0 Å². The van der Waals surface area contributed by atoms with Crippen LogP contribution in [-0.4, -0.2) is 135 Å². The predicted octanol–water partition coefficient (Wildman–Crippen LogP) is 3.45. The standard InChI is InChI=1S/C40H47N5O8/c46-35(42-20-7-16-32(42)37(48)44-22-9-18-34(44)39(50)51)30-14-5-19-41(30)36(47)31-15-6-21-43(31)38(49)33-17-8-23-45(33)40(52)53-24-29-27-12-3-1-10-25(27)26-11-2-4-13-28(26)29/h1-4,10-13,29-34H,5-9,14-24H2,(H,50,51)/t30-,31-,32-,33-,34-/m0/s1. The monoisotopic (exact) mass is 725 g/mol. The number of carboxylic acids is 1. The Hall–Kier alpha value is -4.94. The highest BCUT2D eigenvalue weighted by molar-refractivity contribution is 5.97. The molecule has 13 nitrogen and oxygen atoms in total. The summed E-state index contributed by atoms with van der Waals surface area (Å²) in [6.07, 6.45) is 4.87. The van der Waals surface area contributed by atoms with Gasteiger partial charge in [0.2, 0.25) is 23.6 Å². The molecule has 0 saturated carbocycles.